The van der Waals surface area contributed by atoms with Gasteiger partial charge in [0.25, 0.3) is 0 Å². The van der Waals surface area contributed by atoms with Crippen LogP contribution in [0, 0.1) is 0 Å². The third-order valence-electron chi connectivity index (χ3n) is 3.04. The molecule has 0 saturated heterocycles. The number of hydrogen-bond donors (Lipinski definition) is 1. The molecule has 1 aromatic carbocycles. The lowest BCUT2D eigenvalue weighted by Crippen LogP contribution is -2.24. The van der Waals surface area contributed by atoms with Crippen molar-refractivity contribution < 1.29 is 9.53 Å². The molecule has 0 radical (unpaired) electrons. The highest BCUT2D eigenvalue weighted by atomic mass is 35.5. The molecule has 0 saturated carbocycles. The fourth-order valence-corrected chi connectivity index (χ4v) is 2.90. The monoisotopic (exact) mass is 354 g/mol. The smallest absolute Gasteiger partial charge is 0.230 e. The third kappa shape index (κ3) is 6.21. The largest absolute Gasteiger partial charge is 0.385 e. The van der Waals surface area contributed by atoms with E-state index >= 15 is 0 Å². The number of aromatic nitrogens is 3. The number of thioether (sulfide) groups is 1. The molecule has 6 nitrogen and oxygen atoms in total. The van der Waals surface area contributed by atoms with Gasteiger partial charge >= 0.3 is 0 Å². The lowest BCUT2D eigenvalue weighted by atomic mass is 10.2. The van der Waals surface area contributed by atoms with E-state index in [2.05, 4.69) is 15.5 Å². The summed E-state index contributed by atoms with van der Waals surface area (Å²) in [5.74, 6) is 0.241. The van der Waals surface area contributed by atoms with Gasteiger partial charge in [-0.05, 0) is 24.1 Å². The van der Waals surface area contributed by atoms with Crippen molar-refractivity contribution in [1.82, 2.24) is 20.1 Å². The van der Waals surface area contributed by atoms with Crippen LogP contribution in [0.15, 0.2) is 35.7 Å². The maximum absolute atomic E-state index is 11.9. The van der Waals surface area contributed by atoms with E-state index in [9.17, 15) is 4.79 Å². The number of carbonyl (C=O) groups is 1. The summed E-state index contributed by atoms with van der Waals surface area (Å²) in [6, 6.07) is 7.42. The highest BCUT2D eigenvalue weighted by molar-refractivity contribution is 7.99. The summed E-state index contributed by atoms with van der Waals surface area (Å²) in [6.07, 6.45) is 2.55. The Morgan fingerprint density at radius 3 is 3.13 bits per heavy atom. The average molecular weight is 355 g/mol. The molecule has 124 valence electrons. The second-order valence-corrected chi connectivity index (χ2v) is 6.23. The molecule has 1 heterocycles. The predicted octanol–water partition coefficient (Wildman–Crippen LogP) is 2.38. The van der Waals surface area contributed by atoms with Crippen molar-refractivity contribution in [1.29, 1.82) is 0 Å². The Balaban J connectivity index is 1.75. The van der Waals surface area contributed by atoms with E-state index in [0.717, 1.165) is 23.7 Å². The quantitative estimate of drug-likeness (QED) is 0.553. The van der Waals surface area contributed by atoms with Gasteiger partial charge in [-0.2, -0.15) is 0 Å². The minimum absolute atomic E-state index is 0.0542. The SMILES string of the molecule is COCCCn1cnnc1SCC(=O)NCc1cccc(Cl)c1. The van der Waals surface area contributed by atoms with E-state index < -0.39 is 0 Å². The van der Waals surface area contributed by atoms with Crippen LogP contribution in [0.4, 0.5) is 0 Å². The first kappa shape index (κ1) is 17.8. The van der Waals surface area contributed by atoms with Crippen LogP contribution in [0.2, 0.25) is 5.02 Å². The molecule has 0 unspecified atom stereocenters. The second kappa shape index (κ2) is 9.54. The number of rotatable bonds is 9. The highest BCUT2D eigenvalue weighted by Crippen LogP contribution is 2.15. The van der Waals surface area contributed by atoms with Crippen molar-refractivity contribution in [2.45, 2.75) is 24.7 Å². The normalized spacial score (nSPS) is 10.7. The number of ether oxygens (including phenoxy) is 1. The summed E-state index contributed by atoms with van der Waals surface area (Å²) >= 11 is 7.28. The Morgan fingerprint density at radius 1 is 1.48 bits per heavy atom. The number of aryl methyl sites for hydroxylation is 1. The maximum Gasteiger partial charge on any atom is 0.230 e. The molecule has 0 bridgehead atoms. The Labute approximate surface area is 144 Å². The van der Waals surface area contributed by atoms with E-state index in [0.29, 0.717) is 23.9 Å². The minimum Gasteiger partial charge on any atom is -0.385 e. The predicted molar refractivity (Wildman–Crippen MR) is 90.5 cm³/mol. The fraction of sp³-hybridized carbons (Fsp3) is 0.400. The van der Waals surface area contributed by atoms with Gasteiger partial charge in [0, 0.05) is 31.8 Å². The number of nitrogens with zero attached hydrogens (tertiary/aromatic N) is 3. The topological polar surface area (TPSA) is 69.0 Å². The minimum atomic E-state index is -0.0542. The van der Waals surface area contributed by atoms with Gasteiger partial charge in [-0.15, -0.1) is 10.2 Å². The summed E-state index contributed by atoms with van der Waals surface area (Å²) in [6.45, 7) is 1.91. The Bertz CT molecular complexity index is 635. The molecule has 0 aliphatic carbocycles. The third-order valence-corrected chi connectivity index (χ3v) is 4.25. The zero-order valence-electron chi connectivity index (χ0n) is 12.9. The average Bonchev–Trinajstić information content (AvgIpc) is 2.99. The Kier molecular flexibility index (Phi) is 7.38. The van der Waals surface area contributed by atoms with Crippen LogP contribution in [0.1, 0.15) is 12.0 Å². The first-order chi connectivity index (χ1) is 11.2. The van der Waals surface area contributed by atoms with Crippen molar-refractivity contribution >= 4 is 29.3 Å². The van der Waals surface area contributed by atoms with Crippen LogP contribution in [-0.2, 0) is 22.6 Å². The van der Waals surface area contributed by atoms with Crippen LogP contribution < -0.4 is 5.32 Å². The fourth-order valence-electron chi connectivity index (χ4n) is 1.92. The van der Waals surface area contributed by atoms with Crippen molar-refractivity contribution in [3.05, 3.63) is 41.2 Å². The van der Waals surface area contributed by atoms with Gasteiger partial charge in [-0.3, -0.25) is 4.79 Å². The van der Waals surface area contributed by atoms with E-state index in [1.54, 1.807) is 19.5 Å². The summed E-state index contributed by atoms with van der Waals surface area (Å²) in [7, 11) is 1.67. The number of methoxy groups -OCH3 is 1. The highest BCUT2D eigenvalue weighted by Gasteiger charge is 2.08. The molecular formula is C15H19ClN4O2S. The van der Waals surface area contributed by atoms with Gasteiger partial charge in [0.2, 0.25) is 5.91 Å². The zero-order valence-corrected chi connectivity index (χ0v) is 14.4. The van der Waals surface area contributed by atoms with Gasteiger partial charge in [0.15, 0.2) is 5.16 Å². The summed E-state index contributed by atoms with van der Waals surface area (Å²) in [5, 5.41) is 12.2. The van der Waals surface area contributed by atoms with Crippen LogP contribution >= 0.6 is 23.4 Å². The molecule has 1 N–H and O–H groups in total. The molecular weight excluding hydrogens is 336 g/mol. The van der Waals surface area contributed by atoms with E-state index in [4.69, 9.17) is 16.3 Å². The second-order valence-electron chi connectivity index (χ2n) is 4.85. The lowest BCUT2D eigenvalue weighted by molar-refractivity contribution is -0.118. The molecule has 0 atom stereocenters. The first-order valence-electron chi connectivity index (χ1n) is 7.19. The van der Waals surface area contributed by atoms with Crippen LogP contribution in [-0.4, -0.2) is 40.1 Å². The number of halogens is 1. The van der Waals surface area contributed by atoms with Gasteiger partial charge in [0.05, 0.1) is 5.75 Å². The Morgan fingerprint density at radius 2 is 2.35 bits per heavy atom. The summed E-state index contributed by atoms with van der Waals surface area (Å²) < 4.78 is 6.95. The molecule has 0 spiro atoms. The van der Waals surface area contributed by atoms with Gasteiger partial charge in [0.1, 0.15) is 6.33 Å². The number of benzene rings is 1. The van der Waals surface area contributed by atoms with E-state index in [-0.39, 0.29) is 5.91 Å². The first-order valence-corrected chi connectivity index (χ1v) is 8.56. The Hall–Kier alpha value is -1.57. The molecule has 0 fully saturated rings. The molecule has 1 amide bonds. The van der Waals surface area contributed by atoms with E-state index in [1.165, 1.54) is 11.8 Å². The van der Waals surface area contributed by atoms with Crippen LogP contribution in [0.3, 0.4) is 0 Å². The summed E-state index contributed by atoms with van der Waals surface area (Å²) in [4.78, 5) is 11.9. The molecule has 23 heavy (non-hydrogen) atoms. The standard InChI is InChI=1S/C15H19ClN4O2S/c1-22-7-3-6-20-11-18-19-15(20)23-10-14(21)17-9-12-4-2-5-13(16)8-12/h2,4-5,8,11H,3,6-7,9-10H2,1H3,(H,17,21). The molecule has 0 aliphatic heterocycles. The summed E-state index contributed by atoms with van der Waals surface area (Å²) in [5.41, 5.74) is 0.971. The number of carbonyl (C=O) groups excluding carboxylic acids is 1. The van der Waals surface area contributed by atoms with Gasteiger partial charge < -0.3 is 14.6 Å². The number of hydrogen-bond acceptors (Lipinski definition) is 5. The number of amides is 1. The van der Waals surface area contributed by atoms with Crippen molar-refractivity contribution in [3.63, 3.8) is 0 Å². The van der Waals surface area contributed by atoms with Crippen molar-refractivity contribution in [2.75, 3.05) is 19.5 Å². The lowest BCUT2D eigenvalue weighted by Gasteiger charge is -2.07. The van der Waals surface area contributed by atoms with Crippen LogP contribution in [0.5, 0.6) is 0 Å². The van der Waals surface area contributed by atoms with Crippen molar-refractivity contribution in [3.8, 4) is 0 Å². The maximum atomic E-state index is 11.9. The van der Waals surface area contributed by atoms with Crippen LogP contribution in [0.25, 0.3) is 0 Å². The molecule has 1 aromatic heterocycles. The number of nitrogens with one attached hydrogen (secondary N) is 1. The molecule has 2 aromatic rings. The van der Waals surface area contributed by atoms with Gasteiger partial charge in [-0.1, -0.05) is 35.5 Å². The van der Waals surface area contributed by atoms with E-state index in [1.807, 2.05) is 22.8 Å². The van der Waals surface area contributed by atoms with Crippen molar-refractivity contribution in [2.24, 2.45) is 0 Å². The van der Waals surface area contributed by atoms with Gasteiger partial charge in [-0.25, -0.2) is 0 Å². The molecule has 2 rings (SSSR count). The zero-order chi connectivity index (χ0) is 16.5. The molecule has 8 heteroatoms. The molecule has 0 aliphatic rings.